The van der Waals surface area contributed by atoms with Crippen LogP contribution in [0.4, 0.5) is 0 Å². The van der Waals surface area contributed by atoms with E-state index in [-0.39, 0.29) is 29.4 Å². The van der Waals surface area contributed by atoms with Crippen LogP contribution in [0.5, 0.6) is 0 Å². The average Bonchev–Trinajstić information content (AvgIpc) is 3.20. The van der Waals surface area contributed by atoms with Crippen LogP contribution in [0.1, 0.15) is 11.5 Å². The zero-order valence-corrected chi connectivity index (χ0v) is 19.7. The lowest BCUT2D eigenvalue weighted by atomic mass is 10.2. The van der Waals surface area contributed by atoms with Gasteiger partial charge in [-0.3, -0.25) is 0 Å². The highest BCUT2D eigenvalue weighted by molar-refractivity contribution is 7.89. The first kappa shape index (κ1) is 23.6. The normalized spacial score (nSPS) is 15.5. The molecule has 9 nitrogen and oxygen atoms in total. The Morgan fingerprint density at radius 2 is 1.58 bits per heavy atom. The van der Waals surface area contributed by atoms with E-state index in [0.717, 1.165) is 5.56 Å². The molecule has 11 heteroatoms. The molecule has 2 aromatic carbocycles. The maximum absolute atomic E-state index is 12.7. The van der Waals surface area contributed by atoms with Gasteiger partial charge in [-0.15, -0.1) is 0 Å². The molecule has 1 N–H and O–H groups in total. The van der Waals surface area contributed by atoms with Gasteiger partial charge in [0, 0.05) is 31.6 Å². The van der Waals surface area contributed by atoms with Crippen molar-refractivity contribution in [2.24, 2.45) is 0 Å². The highest BCUT2D eigenvalue weighted by Gasteiger charge is 2.26. The van der Waals surface area contributed by atoms with E-state index in [1.807, 2.05) is 30.3 Å². The predicted octanol–water partition coefficient (Wildman–Crippen LogP) is 2.19. The summed E-state index contributed by atoms with van der Waals surface area (Å²) in [6, 6.07) is 14.7. The summed E-state index contributed by atoms with van der Waals surface area (Å²) in [7, 11) is -7.50. The fraction of sp³-hybridized carbons (Fsp3) is 0.318. The summed E-state index contributed by atoms with van der Waals surface area (Å²) in [4.78, 5) is 4.52. The Bertz CT molecular complexity index is 1300. The lowest BCUT2D eigenvalue weighted by molar-refractivity contribution is 0.0730. The number of ether oxygens (including phenoxy) is 1. The molecule has 1 aromatic heterocycles. The van der Waals surface area contributed by atoms with Crippen LogP contribution in [0.25, 0.3) is 11.5 Å². The summed E-state index contributed by atoms with van der Waals surface area (Å²) < 4.78 is 65.5. The van der Waals surface area contributed by atoms with Crippen molar-refractivity contribution in [3.63, 3.8) is 0 Å². The predicted molar refractivity (Wildman–Crippen MR) is 122 cm³/mol. The van der Waals surface area contributed by atoms with E-state index in [4.69, 9.17) is 9.15 Å². The molecule has 0 spiro atoms. The topological polar surface area (TPSA) is 119 Å². The molecule has 1 aliphatic rings. The molecular formula is C22H25N3O6S2. The minimum atomic E-state index is -3.81. The lowest BCUT2D eigenvalue weighted by Gasteiger charge is -2.26. The van der Waals surface area contributed by atoms with E-state index >= 15 is 0 Å². The van der Waals surface area contributed by atoms with Crippen molar-refractivity contribution in [1.82, 2.24) is 14.0 Å². The molecule has 0 atom stereocenters. The van der Waals surface area contributed by atoms with Gasteiger partial charge >= 0.3 is 0 Å². The van der Waals surface area contributed by atoms with Crippen molar-refractivity contribution in [3.05, 3.63) is 66.1 Å². The van der Waals surface area contributed by atoms with Crippen LogP contribution in [0.15, 0.2) is 68.8 Å². The van der Waals surface area contributed by atoms with Gasteiger partial charge in [-0.25, -0.2) is 26.5 Å². The summed E-state index contributed by atoms with van der Waals surface area (Å²) in [5, 5.41) is 0. The minimum Gasteiger partial charge on any atom is -0.441 e. The van der Waals surface area contributed by atoms with E-state index in [1.54, 1.807) is 6.92 Å². The van der Waals surface area contributed by atoms with E-state index in [1.165, 1.54) is 28.6 Å². The number of nitrogens with one attached hydrogen (secondary N) is 1. The molecule has 1 saturated heterocycles. The first-order valence-corrected chi connectivity index (χ1v) is 13.4. The largest absolute Gasteiger partial charge is 0.441 e. The summed E-state index contributed by atoms with van der Waals surface area (Å²) in [5.74, 6) is 1.12. The number of nitrogens with zero attached hydrogens (tertiary/aromatic N) is 2. The molecule has 2 heterocycles. The molecule has 0 radical (unpaired) electrons. The number of sulfonamides is 2. The molecule has 0 aliphatic carbocycles. The molecule has 4 rings (SSSR count). The van der Waals surface area contributed by atoms with Crippen molar-refractivity contribution < 1.29 is 26.0 Å². The second kappa shape index (κ2) is 9.74. The van der Waals surface area contributed by atoms with Gasteiger partial charge < -0.3 is 9.15 Å². The summed E-state index contributed by atoms with van der Waals surface area (Å²) >= 11 is 0. The summed E-state index contributed by atoms with van der Waals surface area (Å²) in [6.07, 6.45) is 0.352. The van der Waals surface area contributed by atoms with Gasteiger partial charge in [0.05, 0.1) is 28.7 Å². The number of aryl methyl sites for hydroxylation is 1. The Morgan fingerprint density at radius 3 is 2.24 bits per heavy atom. The third-order valence-corrected chi connectivity index (χ3v) is 8.70. The number of aromatic nitrogens is 1. The fourth-order valence-electron chi connectivity index (χ4n) is 3.48. The zero-order chi connectivity index (χ0) is 23.5. The van der Waals surface area contributed by atoms with Gasteiger partial charge in [0.2, 0.25) is 25.9 Å². The molecule has 176 valence electrons. The van der Waals surface area contributed by atoms with E-state index < -0.39 is 20.0 Å². The molecule has 1 fully saturated rings. The van der Waals surface area contributed by atoms with Gasteiger partial charge in [0.25, 0.3) is 0 Å². The second-order valence-electron chi connectivity index (χ2n) is 7.52. The molecule has 1 aliphatic heterocycles. The Balaban J connectivity index is 1.40. The van der Waals surface area contributed by atoms with Gasteiger partial charge in [-0.2, -0.15) is 4.31 Å². The van der Waals surface area contributed by atoms with Crippen LogP contribution < -0.4 is 4.72 Å². The Kier molecular flexibility index (Phi) is 6.96. The SMILES string of the molecule is Cc1oc(-c2ccccc2)nc1CCNS(=O)(=O)c1ccc(S(=O)(=O)N2CCOCC2)cc1. The summed E-state index contributed by atoms with van der Waals surface area (Å²) in [5.41, 5.74) is 1.52. The fourth-order valence-corrected chi connectivity index (χ4v) is 5.92. The molecule has 0 saturated carbocycles. The van der Waals surface area contributed by atoms with Crippen LogP contribution in [0.3, 0.4) is 0 Å². The van der Waals surface area contributed by atoms with E-state index in [0.29, 0.717) is 37.0 Å². The molecule has 0 bridgehead atoms. The van der Waals surface area contributed by atoms with Crippen molar-refractivity contribution in [1.29, 1.82) is 0 Å². The van der Waals surface area contributed by atoms with Crippen LogP contribution in [-0.4, -0.2) is 59.0 Å². The van der Waals surface area contributed by atoms with Crippen molar-refractivity contribution in [2.45, 2.75) is 23.1 Å². The van der Waals surface area contributed by atoms with Gasteiger partial charge in [-0.1, -0.05) is 18.2 Å². The first-order valence-electron chi connectivity index (χ1n) is 10.5. The number of morpholine rings is 1. The maximum atomic E-state index is 12.7. The van der Waals surface area contributed by atoms with Crippen LogP contribution >= 0.6 is 0 Å². The van der Waals surface area contributed by atoms with Crippen molar-refractivity contribution in [3.8, 4) is 11.5 Å². The Hall–Kier alpha value is -2.57. The monoisotopic (exact) mass is 491 g/mol. The minimum absolute atomic E-state index is 0.00900. The molecule has 33 heavy (non-hydrogen) atoms. The maximum Gasteiger partial charge on any atom is 0.243 e. The van der Waals surface area contributed by atoms with Crippen molar-refractivity contribution >= 4 is 20.0 Å². The Morgan fingerprint density at radius 1 is 0.939 bits per heavy atom. The average molecular weight is 492 g/mol. The zero-order valence-electron chi connectivity index (χ0n) is 18.1. The molecule has 0 amide bonds. The standard InChI is InChI=1S/C22H25N3O6S2/c1-17-21(24-22(31-17)18-5-3-2-4-6-18)11-12-23-32(26,27)19-7-9-20(10-8-19)33(28,29)25-13-15-30-16-14-25/h2-10,23H,11-16H2,1H3. The quantitative estimate of drug-likeness (QED) is 0.513. The number of benzene rings is 2. The smallest absolute Gasteiger partial charge is 0.243 e. The van der Waals surface area contributed by atoms with Crippen molar-refractivity contribution in [2.75, 3.05) is 32.8 Å². The molecular weight excluding hydrogens is 466 g/mol. The number of hydrogen-bond acceptors (Lipinski definition) is 7. The van der Waals surface area contributed by atoms with Crippen LogP contribution in [0.2, 0.25) is 0 Å². The molecule has 3 aromatic rings. The third kappa shape index (κ3) is 5.33. The van der Waals surface area contributed by atoms with E-state index in [2.05, 4.69) is 9.71 Å². The van der Waals surface area contributed by atoms with Gasteiger partial charge in [-0.05, 0) is 43.3 Å². The number of oxazole rings is 1. The van der Waals surface area contributed by atoms with E-state index in [9.17, 15) is 16.8 Å². The second-order valence-corrected chi connectivity index (χ2v) is 11.2. The van der Waals surface area contributed by atoms with Crippen LogP contribution in [0, 0.1) is 6.92 Å². The highest BCUT2D eigenvalue weighted by atomic mass is 32.2. The van der Waals surface area contributed by atoms with Gasteiger partial charge in [0.1, 0.15) is 5.76 Å². The van der Waals surface area contributed by atoms with Crippen LogP contribution in [-0.2, 0) is 31.2 Å². The number of hydrogen-bond donors (Lipinski definition) is 1. The summed E-state index contributed by atoms with van der Waals surface area (Å²) in [6.45, 7) is 3.14. The lowest BCUT2D eigenvalue weighted by Crippen LogP contribution is -2.40. The Labute approximate surface area is 193 Å². The molecule has 0 unspecified atom stereocenters. The first-order chi connectivity index (χ1) is 15.8. The number of rotatable bonds is 8. The highest BCUT2D eigenvalue weighted by Crippen LogP contribution is 2.22. The van der Waals surface area contributed by atoms with Gasteiger partial charge in [0.15, 0.2) is 0 Å². The third-order valence-electron chi connectivity index (χ3n) is 5.31.